The van der Waals surface area contributed by atoms with Gasteiger partial charge in [-0.15, -0.1) is 0 Å². The van der Waals surface area contributed by atoms with E-state index < -0.39 is 80.3 Å². The van der Waals surface area contributed by atoms with Crippen molar-refractivity contribution in [1.82, 2.24) is 25.2 Å². The summed E-state index contributed by atoms with van der Waals surface area (Å²) in [5.41, 5.74) is -1.21. The molecule has 14 nitrogen and oxygen atoms in total. The minimum Gasteiger partial charge on any atom is -0.444 e. The fourth-order valence-corrected chi connectivity index (χ4v) is 8.84. The largest absolute Gasteiger partial charge is 0.444 e. The van der Waals surface area contributed by atoms with E-state index in [1.54, 1.807) is 26.0 Å². The maximum atomic E-state index is 14.4. The number of rotatable bonds is 7. The van der Waals surface area contributed by atoms with E-state index in [2.05, 4.69) is 15.4 Å². The molecule has 1 aromatic carbocycles. The van der Waals surface area contributed by atoms with Crippen LogP contribution in [0.5, 0.6) is 0 Å². The van der Waals surface area contributed by atoms with Gasteiger partial charge in [0.25, 0.3) is 5.91 Å². The molecule has 6 rings (SSSR count). The van der Waals surface area contributed by atoms with E-state index in [-0.39, 0.29) is 44.8 Å². The van der Waals surface area contributed by atoms with Gasteiger partial charge in [0.1, 0.15) is 35.1 Å². The molecule has 2 saturated heterocycles. The number of fused-ring (bicyclic) bond motifs is 3. The van der Waals surface area contributed by atoms with Crippen LogP contribution in [0, 0.1) is 11.7 Å². The van der Waals surface area contributed by atoms with Gasteiger partial charge in [-0.2, -0.15) is 0 Å². The third kappa shape index (κ3) is 8.31. The first-order chi connectivity index (χ1) is 24.6. The number of carbonyl (C=O) groups excluding carboxylic acids is 5. The summed E-state index contributed by atoms with van der Waals surface area (Å²) < 4.78 is 53.6. The fourth-order valence-electron chi connectivity index (χ4n) is 7.48. The molecule has 0 bridgehead atoms. The molecule has 5 amide bonds. The molecule has 3 heterocycles. The van der Waals surface area contributed by atoms with Gasteiger partial charge in [0.05, 0.1) is 18.3 Å². The highest BCUT2D eigenvalue weighted by atomic mass is 32.2. The molecule has 1 aromatic rings. The molecule has 0 unspecified atom stereocenters. The van der Waals surface area contributed by atoms with Crippen LogP contribution in [0.3, 0.4) is 0 Å². The lowest BCUT2D eigenvalue weighted by Gasteiger charge is -2.31. The lowest BCUT2D eigenvalue weighted by Crippen LogP contribution is -2.58. The maximum absolute atomic E-state index is 14.4. The predicted octanol–water partition coefficient (Wildman–Crippen LogP) is 3.76. The number of halogens is 1. The van der Waals surface area contributed by atoms with Crippen molar-refractivity contribution in [2.45, 2.75) is 145 Å². The van der Waals surface area contributed by atoms with Crippen molar-refractivity contribution in [3.8, 4) is 0 Å². The molecule has 5 atom stereocenters. The fraction of sp³-hybridized carbons (Fsp3) is 0.694. The molecule has 16 heteroatoms. The first-order valence-corrected chi connectivity index (χ1v) is 20.1. The highest BCUT2D eigenvalue weighted by Crippen LogP contribution is 2.48. The van der Waals surface area contributed by atoms with Crippen molar-refractivity contribution in [2.24, 2.45) is 5.92 Å². The van der Waals surface area contributed by atoms with E-state index in [0.717, 1.165) is 25.7 Å². The van der Waals surface area contributed by atoms with Crippen LogP contribution in [0.25, 0.3) is 0 Å². The zero-order chi connectivity index (χ0) is 37.4. The van der Waals surface area contributed by atoms with Gasteiger partial charge in [-0.05, 0) is 69.9 Å². The van der Waals surface area contributed by atoms with Crippen molar-refractivity contribution in [2.75, 3.05) is 6.54 Å². The van der Waals surface area contributed by atoms with Crippen LogP contribution >= 0.6 is 0 Å². The lowest BCUT2D eigenvalue weighted by molar-refractivity contribution is -0.141. The Morgan fingerprint density at radius 2 is 1.75 bits per heavy atom. The van der Waals surface area contributed by atoms with Crippen LogP contribution in [0.2, 0.25) is 0 Å². The monoisotopic (exact) mass is 747 g/mol. The Morgan fingerprint density at radius 3 is 2.44 bits per heavy atom. The average Bonchev–Trinajstić information content (AvgIpc) is 3.97. The van der Waals surface area contributed by atoms with E-state index >= 15 is 0 Å². The number of hydrogen-bond acceptors (Lipinski definition) is 9. The van der Waals surface area contributed by atoms with Gasteiger partial charge in [-0.1, -0.05) is 51.2 Å². The molecular formula is C36H50FN5O9S. The Kier molecular flexibility index (Phi) is 10.8. The zero-order valence-electron chi connectivity index (χ0n) is 30.1. The second kappa shape index (κ2) is 14.8. The summed E-state index contributed by atoms with van der Waals surface area (Å²) in [6.07, 6.45) is 3.86. The smallest absolute Gasteiger partial charge is 0.410 e. The first kappa shape index (κ1) is 37.8. The van der Waals surface area contributed by atoms with Crippen molar-refractivity contribution in [1.29, 1.82) is 0 Å². The van der Waals surface area contributed by atoms with Crippen LogP contribution in [0.1, 0.15) is 109 Å². The van der Waals surface area contributed by atoms with Crippen molar-refractivity contribution >= 4 is 39.9 Å². The van der Waals surface area contributed by atoms with Gasteiger partial charge in [-0.3, -0.25) is 24.0 Å². The SMILES string of the molecule is CCC(C)(C)OC(=O)N[C@H]1CCCCCCC[C@@H]2C[C@@]2(C(=O)NS(=O)(=O)C2CC2)NC(=O)[C@@H]2C[C@@H](OC(=O)N3Cc4cccc(F)c4C3)CN2C1=O. The van der Waals surface area contributed by atoms with Gasteiger partial charge < -0.3 is 25.0 Å². The van der Waals surface area contributed by atoms with Crippen LogP contribution in [0.15, 0.2) is 18.2 Å². The summed E-state index contributed by atoms with van der Waals surface area (Å²) in [6.45, 7) is 5.34. The molecule has 52 heavy (non-hydrogen) atoms. The number of carbonyl (C=O) groups is 5. The molecule has 0 aromatic heterocycles. The Hall–Kier alpha value is -3.95. The van der Waals surface area contributed by atoms with Crippen molar-refractivity contribution in [3.05, 3.63) is 35.1 Å². The predicted molar refractivity (Wildman–Crippen MR) is 185 cm³/mol. The molecule has 4 fully saturated rings. The molecule has 2 aliphatic carbocycles. The minimum atomic E-state index is -3.90. The number of amides is 5. The lowest BCUT2D eigenvalue weighted by atomic mass is 10.0. The summed E-state index contributed by atoms with van der Waals surface area (Å²) in [7, 11) is -3.90. The second-order valence-corrected chi connectivity index (χ2v) is 17.5. The van der Waals surface area contributed by atoms with Crippen LogP contribution in [0.4, 0.5) is 14.0 Å². The molecule has 286 valence electrons. The Labute approximate surface area is 303 Å². The summed E-state index contributed by atoms with van der Waals surface area (Å²) in [4.78, 5) is 71.2. The number of benzene rings is 1. The van der Waals surface area contributed by atoms with E-state index in [1.165, 1.54) is 15.9 Å². The third-order valence-electron chi connectivity index (χ3n) is 11.2. The molecule has 0 radical (unpaired) electrons. The van der Waals surface area contributed by atoms with Gasteiger partial charge in [0.2, 0.25) is 21.8 Å². The molecule has 3 N–H and O–H groups in total. The highest BCUT2D eigenvalue weighted by molar-refractivity contribution is 7.91. The standard InChI is InChI=1S/C36H50FN5O9S/c1-4-35(2,3)51-33(46)38-28-14-9-7-5-6-8-12-23-18-36(23,32(45)40-52(48,49)25-15-16-25)39-30(43)29-17-24(20-42(29)31(28)44)50-34(47)41-19-22-11-10-13-27(37)26(22)21-41/h10-11,13,23-25,28-29H,4-9,12,14-21H2,1-3H3,(H,38,46)(H,39,43)(H,40,45)/t23-,24-,28+,29+,36-/m1/s1. The van der Waals surface area contributed by atoms with Crippen LogP contribution in [-0.4, -0.2) is 89.2 Å². The number of nitrogens with zero attached hydrogens (tertiary/aromatic N) is 2. The summed E-state index contributed by atoms with van der Waals surface area (Å²) >= 11 is 0. The normalized spacial score (nSPS) is 28.3. The van der Waals surface area contributed by atoms with E-state index in [4.69, 9.17) is 9.47 Å². The number of hydrogen-bond donors (Lipinski definition) is 3. The first-order valence-electron chi connectivity index (χ1n) is 18.5. The van der Waals surface area contributed by atoms with E-state index in [9.17, 15) is 36.8 Å². The Bertz CT molecular complexity index is 1700. The minimum absolute atomic E-state index is 0.00508. The van der Waals surface area contributed by atoms with Crippen molar-refractivity contribution < 1.29 is 46.3 Å². The van der Waals surface area contributed by atoms with Crippen LogP contribution in [-0.2, 0) is 47.0 Å². The number of alkyl carbamates (subject to hydrolysis) is 1. The molecule has 5 aliphatic rings. The molecular weight excluding hydrogens is 697 g/mol. The zero-order valence-corrected chi connectivity index (χ0v) is 30.9. The summed E-state index contributed by atoms with van der Waals surface area (Å²) in [6, 6.07) is 2.36. The number of sulfonamides is 1. The quantitative estimate of drug-likeness (QED) is 0.375. The van der Waals surface area contributed by atoms with Gasteiger partial charge >= 0.3 is 12.2 Å². The highest BCUT2D eigenvalue weighted by Gasteiger charge is 2.62. The third-order valence-corrected chi connectivity index (χ3v) is 13.0. The maximum Gasteiger partial charge on any atom is 0.410 e. The van der Waals surface area contributed by atoms with Gasteiger partial charge in [-0.25, -0.2) is 22.4 Å². The Balaban J connectivity index is 1.24. The molecule has 3 aliphatic heterocycles. The molecule has 0 spiro atoms. The summed E-state index contributed by atoms with van der Waals surface area (Å²) in [5.74, 6) is -2.77. The van der Waals surface area contributed by atoms with Gasteiger partial charge in [0.15, 0.2) is 0 Å². The van der Waals surface area contributed by atoms with E-state index in [0.29, 0.717) is 43.2 Å². The average molecular weight is 748 g/mol. The number of ether oxygens (including phenoxy) is 2. The van der Waals surface area contributed by atoms with Crippen LogP contribution < -0.4 is 15.4 Å². The second-order valence-electron chi connectivity index (χ2n) is 15.6. The topological polar surface area (TPSA) is 181 Å². The Morgan fingerprint density at radius 1 is 1.04 bits per heavy atom. The van der Waals surface area contributed by atoms with E-state index in [1.807, 2.05) is 6.92 Å². The van der Waals surface area contributed by atoms with Crippen molar-refractivity contribution in [3.63, 3.8) is 0 Å². The summed E-state index contributed by atoms with van der Waals surface area (Å²) in [5, 5.41) is 4.91. The molecule has 2 saturated carbocycles. The number of nitrogens with one attached hydrogen (secondary N) is 3. The van der Waals surface area contributed by atoms with Gasteiger partial charge in [0, 0.05) is 18.5 Å².